The van der Waals surface area contributed by atoms with Gasteiger partial charge >= 0.3 is 12.1 Å². The number of amides is 1. The minimum Gasteiger partial charge on any atom is -0.462 e. The molecule has 300 valence electrons. The number of hydrogen-bond donors (Lipinski definition) is 0. The van der Waals surface area contributed by atoms with Crippen LogP contribution in [-0.4, -0.2) is 104 Å². The number of halogens is 1. The van der Waals surface area contributed by atoms with Crippen molar-refractivity contribution < 1.29 is 18.7 Å². The lowest BCUT2D eigenvalue weighted by atomic mass is 9.97. The quantitative estimate of drug-likeness (QED) is 0.164. The molecule has 2 unspecified atom stereocenters. The van der Waals surface area contributed by atoms with Crippen molar-refractivity contribution in [1.82, 2.24) is 24.8 Å². The van der Waals surface area contributed by atoms with Gasteiger partial charge < -0.3 is 19.3 Å². The van der Waals surface area contributed by atoms with Crippen molar-refractivity contribution in [3.8, 4) is 28.4 Å². The molecule has 0 aliphatic carbocycles. The van der Waals surface area contributed by atoms with Gasteiger partial charge in [0.25, 0.3) is 0 Å². The summed E-state index contributed by atoms with van der Waals surface area (Å²) in [6.07, 6.45) is 5.27. The van der Waals surface area contributed by atoms with Gasteiger partial charge in [-0.3, -0.25) is 9.88 Å². The predicted molar refractivity (Wildman–Crippen MR) is 228 cm³/mol. The van der Waals surface area contributed by atoms with Crippen LogP contribution in [-0.2, 0) is 4.74 Å². The zero-order valence-electron chi connectivity index (χ0n) is 34.9. The van der Waals surface area contributed by atoms with Crippen LogP contribution in [0.25, 0.3) is 32.9 Å². The normalized spacial score (nSPS) is 20.7. The number of anilines is 1. The molecular weight excluding hydrogens is 724 g/mol. The molecule has 1 amide bonds. The maximum atomic E-state index is 17.4. The number of likely N-dealkylation sites (N-methyl/N-ethyl adjacent to an activating group) is 1. The zero-order chi connectivity index (χ0) is 40.1. The summed E-state index contributed by atoms with van der Waals surface area (Å²) in [4.78, 5) is 34.2. The Balaban J connectivity index is 1.33. The van der Waals surface area contributed by atoms with Gasteiger partial charge in [-0.25, -0.2) is 9.18 Å². The van der Waals surface area contributed by atoms with Crippen LogP contribution in [0.1, 0.15) is 93.6 Å². The van der Waals surface area contributed by atoms with Crippen molar-refractivity contribution in [2.45, 2.75) is 127 Å². The first kappa shape index (κ1) is 40.1. The number of benzene rings is 2. The Morgan fingerprint density at radius 3 is 2.23 bits per heavy atom. The van der Waals surface area contributed by atoms with Crippen LogP contribution in [0, 0.1) is 17.0 Å². The summed E-state index contributed by atoms with van der Waals surface area (Å²) >= 11 is 0. The molecular formula is C45H59FN6O3S. The average Bonchev–Trinajstić information content (AvgIpc) is 3.67. The Bertz CT molecular complexity index is 2130. The van der Waals surface area contributed by atoms with Crippen LogP contribution < -0.4 is 9.64 Å². The molecule has 5 heterocycles. The molecule has 3 atom stereocenters. The summed E-state index contributed by atoms with van der Waals surface area (Å²) < 4.78 is 29.5. The number of fused-ring (bicyclic) bond motifs is 4. The monoisotopic (exact) mass is 782 g/mol. The summed E-state index contributed by atoms with van der Waals surface area (Å²) in [6, 6.07) is 12.3. The highest BCUT2D eigenvalue weighted by Gasteiger charge is 2.45. The Kier molecular flexibility index (Phi) is 11.2. The minimum absolute atomic E-state index is 0.0555. The maximum absolute atomic E-state index is 17.4. The van der Waals surface area contributed by atoms with Crippen molar-refractivity contribution in [3.63, 3.8) is 0 Å². The fourth-order valence-corrected chi connectivity index (χ4v) is 13.6. The van der Waals surface area contributed by atoms with E-state index in [-0.39, 0.29) is 41.4 Å². The first-order valence-electron chi connectivity index (χ1n) is 20.4. The molecule has 56 heavy (non-hydrogen) atoms. The smallest absolute Gasteiger partial charge is 0.410 e. The predicted octanol–water partition coefficient (Wildman–Crippen LogP) is 9.38. The molecule has 2 aromatic heterocycles. The van der Waals surface area contributed by atoms with Crippen molar-refractivity contribution in [1.29, 1.82) is 0 Å². The molecule has 3 aliphatic heterocycles. The van der Waals surface area contributed by atoms with Gasteiger partial charge in [0.1, 0.15) is 29.2 Å². The lowest BCUT2D eigenvalue weighted by molar-refractivity contribution is 0.0122. The number of hydrogen-bond acceptors (Lipinski definition) is 8. The van der Waals surface area contributed by atoms with Gasteiger partial charge in [-0.2, -0.15) is 20.0 Å². The van der Waals surface area contributed by atoms with Crippen LogP contribution in [0.5, 0.6) is 6.01 Å². The van der Waals surface area contributed by atoms with E-state index in [0.717, 1.165) is 48.6 Å². The summed E-state index contributed by atoms with van der Waals surface area (Å²) in [5, 5.41) is 7.48. The number of carbonyl (C=O) groups excluding carboxylic acids is 1. The maximum Gasteiger partial charge on any atom is 0.410 e. The van der Waals surface area contributed by atoms with Gasteiger partial charge in [0.2, 0.25) is 0 Å². The highest BCUT2D eigenvalue weighted by Crippen LogP contribution is 2.59. The molecule has 4 aromatic rings. The lowest BCUT2D eigenvalue weighted by Gasteiger charge is -2.46. The fourth-order valence-electron chi connectivity index (χ4n) is 9.34. The third-order valence-electron chi connectivity index (χ3n) is 12.0. The van der Waals surface area contributed by atoms with Gasteiger partial charge in [-0.05, 0) is 92.5 Å². The minimum atomic E-state index is -1.30. The summed E-state index contributed by atoms with van der Waals surface area (Å²) in [6.45, 7) is 21.9. The summed E-state index contributed by atoms with van der Waals surface area (Å²) in [7, 11) is 0.800. The molecule has 3 fully saturated rings. The molecule has 0 N–H and O–H groups in total. The Morgan fingerprint density at radius 2 is 1.62 bits per heavy atom. The molecule has 0 spiro atoms. The standard InChI is InChI=1S/C45H59FN6O3S/c1-28(2)56(29(3)4,30(5)6)23-21-32-15-11-14-31-16-12-18-36(38(31)32)40-39(46)41-37(24-47-40)42(49-43(48-41)54-27-35-17-13-22-50(35)10)51-25-33-19-20-34(26-51)52(33)44(53)55-45(7,8)9/h11-12,14-16,18,24,28-30,33-35H,13,17,19-20,22,25-27H2,1-10H3/t33?,34?,35-/m0/s1. The highest BCUT2D eigenvalue weighted by molar-refractivity contribution is 8.38. The summed E-state index contributed by atoms with van der Waals surface area (Å²) in [5.41, 5.74) is 1.33. The average molecular weight is 783 g/mol. The van der Waals surface area contributed by atoms with E-state index in [9.17, 15) is 4.79 Å². The molecule has 7 rings (SSSR count). The third kappa shape index (κ3) is 7.51. The van der Waals surface area contributed by atoms with Gasteiger partial charge in [0.05, 0.1) is 17.5 Å². The van der Waals surface area contributed by atoms with Crippen molar-refractivity contribution >= 4 is 43.6 Å². The number of aromatic nitrogens is 3. The van der Waals surface area contributed by atoms with E-state index >= 15 is 4.39 Å². The van der Waals surface area contributed by atoms with Crippen molar-refractivity contribution in [2.75, 3.05) is 38.2 Å². The van der Waals surface area contributed by atoms with E-state index in [1.165, 1.54) is 0 Å². The van der Waals surface area contributed by atoms with Crippen LogP contribution in [0.15, 0.2) is 42.6 Å². The lowest BCUT2D eigenvalue weighted by Crippen LogP contribution is -2.57. The Hall–Kier alpha value is -4.14. The molecule has 2 bridgehead atoms. The SMILES string of the molecule is CC(C)S(C#Cc1cccc2cccc(-c3ncc4c(N5CC6CCC(C5)N6C(=O)OC(C)(C)C)nc(OC[C@@H]5CCCN5C)nc4c3F)c12)(C(C)C)C(C)C. The summed E-state index contributed by atoms with van der Waals surface area (Å²) in [5.74, 6) is 3.68. The van der Waals surface area contributed by atoms with Gasteiger partial charge in [-0.15, -0.1) is 0 Å². The number of rotatable bonds is 8. The van der Waals surface area contributed by atoms with E-state index in [4.69, 9.17) is 24.4 Å². The van der Waals surface area contributed by atoms with Crippen LogP contribution in [0.4, 0.5) is 15.0 Å². The van der Waals surface area contributed by atoms with E-state index < -0.39 is 21.4 Å². The largest absolute Gasteiger partial charge is 0.462 e. The highest BCUT2D eigenvalue weighted by atomic mass is 32.3. The topological polar surface area (TPSA) is 83.9 Å². The second-order valence-electron chi connectivity index (χ2n) is 17.6. The first-order chi connectivity index (χ1) is 26.6. The number of pyridine rings is 1. The Labute approximate surface area is 334 Å². The van der Waals surface area contributed by atoms with Gasteiger partial charge in [0.15, 0.2) is 5.82 Å². The van der Waals surface area contributed by atoms with E-state index in [1.807, 2.05) is 62.1 Å². The molecule has 0 saturated carbocycles. The number of ether oxygens (including phenoxy) is 2. The van der Waals surface area contributed by atoms with Crippen molar-refractivity contribution in [3.05, 3.63) is 54.0 Å². The van der Waals surface area contributed by atoms with E-state index in [2.05, 4.69) is 69.6 Å². The number of likely N-dealkylation sites (tertiary alicyclic amines) is 1. The molecule has 0 radical (unpaired) electrons. The number of nitrogens with zero attached hydrogens (tertiary/aromatic N) is 6. The number of piperazine rings is 1. The second kappa shape index (κ2) is 15.7. The van der Waals surface area contributed by atoms with Crippen molar-refractivity contribution in [2.24, 2.45) is 0 Å². The molecule has 3 aliphatic rings. The van der Waals surface area contributed by atoms with Crippen LogP contribution in [0.2, 0.25) is 0 Å². The van der Waals surface area contributed by atoms with Gasteiger partial charge in [0, 0.05) is 41.8 Å². The third-order valence-corrected chi connectivity index (χ3v) is 17.1. The van der Waals surface area contributed by atoms with E-state index in [1.54, 1.807) is 6.20 Å². The molecule has 3 saturated heterocycles. The van der Waals surface area contributed by atoms with Gasteiger partial charge in [-0.1, -0.05) is 77.8 Å². The zero-order valence-corrected chi connectivity index (χ0v) is 35.7. The Morgan fingerprint density at radius 1 is 0.964 bits per heavy atom. The van der Waals surface area contributed by atoms with Crippen LogP contribution in [0.3, 0.4) is 0 Å². The number of carbonyl (C=O) groups is 1. The van der Waals surface area contributed by atoms with Crippen LogP contribution >= 0.6 is 10.0 Å². The molecule has 11 heteroatoms. The fraction of sp³-hybridized carbons (Fsp3) is 0.556. The second-order valence-corrected chi connectivity index (χ2v) is 22.2. The molecule has 9 nitrogen and oxygen atoms in total. The molecule has 2 aromatic carbocycles. The first-order valence-corrected chi connectivity index (χ1v) is 22.2. The van der Waals surface area contributed by atoms with E-state index in [0.29, 0.717) is 52.2 Å².